The van der Waals surface area contributed by atoms with Crippen molar-refractivity contribution in [1.29, 1.82) is 5.26 Å². The van der Waals surface area contributed by atoms with Gasteiger partial charge >= 0.3 is 0 Å². The lowest BCUT2D eigenvalue weighted by Crippen LogP contribution is -1.93. The summed E-state index contributed by atoms with van der Waals surface area (Å²) in [5.74, 6) is 0. The molecular weight excluding hydrogens is 230 g/mol. The molecule has 0 bridgehead atoms. The maximum Gasteiger partial charge on any atom is 0.0991 e. The Bertz CT molecular complexity index is 570. The molecule has 0 heterocycles. The third kappa shape index (κ3) is 2.71. The molecule has 84 valence electrons. The smallest absolute Gasteiger partial charge is 0.0991 e. The molecule has 2 rings (SSSR count). The van der Waals surface area contributed by atoms with E-state index in [0.29, 0.717) is 16.9 Å². The van der Waals surface area contributed by atoms with E-state index in [-0.39, 0.29) is 0 Å². The van der Waals surface area contributed by atoms with Gasteiger partial charge in [0.2, 0.25) is 0 Å². The maximum atomic E-state index is 8.70. The fourth-order valence-electron chi connectivity index (χ4n) is 1.35. The van der Waals surface area contributed by atoms with Gasteiger partial charge in [-0.15, -0.1) is 0 Å². The van der Waals surface area contributed by atoms with Gasteiger partial charge in [-0.1, -0.05) is 11.8 Å². The minimum Gasteiger partial charge on any atom is -0.397 e. The van der Waals surface area contributed by atoms with E-state index in [2.05, 4.69) is 6.07 Å². The van der Waals surface area contributed by atoms with Crippen molar-refractivity contribution in [2.45, 2.75) is 9.79 Å². The Morgan fingerprint density at radius 1 is 0.882 bits per heavy atom. The van der Waals surface area contributed by atoms with E-state index in [1.54, 1.807) is 30.0 Å². The van der Waals surface area contributed by atoms with Gasteiger partial charge in [0.1, 0.15) is 0 Å². The summed E-state index contributed by atoms with van der Waals surface area (Å²) in [7, 11) is 0. The van der Waals surface area contributed by atoms with Gasteiger partial charge in [-0.2, -0.15) is 5.26 Å². The zero-order valence-corrected chi connectivity index (χ0v) is 9.87. The highest BCUT2D eigenvalue weighted by Gasteiger charge is 2.00. The summed E-state index contributed by atoms with van der Waals surface area (Å²) in [5, 5.41) is 8.70. The van der Waals surface area contributed by atoms with Crippen LogP contribution in [0, 0.1) is 11.3 Å². The number of anilines is 2. The molecule has 0 aliphatic heterocycles. The highest BCUT2D eigenvalue weighted by atomic mass is 32.2. The minimum atomic E-state index is 0.587. The summed E-state index contributed by atoms with van der Waals surface area (Å²) in [4.78, 5) is 2.09. The highest BCUT2D eigenvalue weighted by molar-refractivity contribution is 7.99. The van der Waals surface area contributed by atoms with E-state index in [0.717, 1.165) is 9.79 Å². The van der Waals surface area contributed by atoms with Gasteiger partial charge in [0, 0.05) is 9.79 Å². The maximum absolute atomic E-state index is 8.70. The fourth-order valence-corrected chi connectivity index (χ4v) is 2.22. The van der Waals surface area contributed by atoms with Crippen molar-refractivity contribution in [3.8, 4) is 6.07 Å². The first-order valence-corrected chi connectivity index (χ1v) is 5.84. The van der Waals surface area contributed by atoms with Gasteiger partial charge < -0.3 is 11.5 Å². The Morgan fingerprint density at radius 2 is 1.53 bits per heavy atom. The van der Waals surface area contributed by atoms with Crippen LogP contribution < -0.4 is 11.5 Å². The van der Waals surface area contributed by atoms with Crippen LogP contribution >= 0.6 is 11.8 Å². The second-order valence-corrected chi connectivity index (χ2v) is 4.68. The van der Waals surface area contributed by atoms with Crippen LogP contribution in [0.15, 0.2) is 52.3 Å². The first kappa shape index (κ1) is 11.4. The Hall–Kier alpha value is -2.12. The van der Waals surface area contributed by atoms with E-state index in [1.807, 2.05) is 24.3 Å². The SMILES string of the molecule is N#Cc1ccc(Sc2ccc(N)c(N)c2)cc1. The first-order valence-electron chi connectivity index (χ1n) is 5.02. The van der Waals surface area contributed by atoms with Crippen molar-refractivity contribution >= 4 is 23.1 Å². The van der Waals surface area contributed by atoms with E-state index < -0.39 is 0 Å². The van der Waals surface area contributed by atoms with Gasteiger partial charge in [0.25, 0.3) is 0 Å². The number of nitrogens with two attached hydrogens (primary N) is 2. The molecule has 0 spiro atoms. The van der Waals surface area contributed by atoms with Crippen molar-refractivity contribution < 1.29 is 0 Å². The lowest BCUT2D eigenvalue weighted by atomic mass is 10.2. The van der Waals surface area contributed by atoms with Crippen LogP contribution in [0.25, 0.3) is 0 Å². The fraction of sp³-hybridized carbons (Fsp3) is 0. The summed E-state index contributed by atoms with van der Waals surface area (Å²) in [5.41, 5.74) is 13.2. The molecular formula is C13H11N3S. The molecule has 0 saturated heterocycles. The van der Waals surface area contributed by atoms with Crippen LogP contribution in [-0.4, -0.2) is 0 Å². The molecule has 2 aromatic carbocycles. The van der Waals surface area contributed by atoms with Crippen molar-refractivity contribution in [1.82, 2.24) is 0 Å². The Balaban J connectivity index is 2.20. The molecule has 0 saturated carbocycles. The summed E-state index contributed by atoms with van der Waals surface area (Å²) in [6.07, 6.45) is 0. The average molecular weight is 241 g/mol. The Morgan fingerprint density at radius 3 is 2.12 bits per heavy atom. The highest BCUT2D eigenvalue weighted by Crippen LogP contribution is 2.30. The molecule has 4 heteroatoms. The van der Waals surface area contributed by atoms with Crippen LogP contribution in [-0.2, 0) is 0 Å². The number of nitrogen functional groups attached to an aromatic ring is 2. The van der Waals surface area contributed by atoms with Crippen molar-refractivity contribution in [3.63, 3.8) is 0 Å². The number of benzene rings is 2. The Kier molecular flexibility index (Phi) is 3.22. The third-order valence-electron chi connectivity index (χ3n) is 2.28. The predicted octanol–water partition coefficient (Wildman–Crippen LogP) is 2.87. The molecule has 0 radical (unpaired) electrons. The van der Waals surface area contributed by atoms with E-state index in [1.165, 1.54) is 0 Å². The van der Waals surface area contributed by atoms with Gasteiger partial charge in [-0.25, -0.2) is 0 Å². The Labute approximate surface area is 104 Å². The topological polar surface area (TPSA) is 75.8 Å². The summed E-state index contributed by atoms with van der Waals surface area (Å²) < 4.78 is 0. The largest absolute Gasteiger partial charge is 0.397 e. The number of rotatable bonds is 2. The minimum absolute atomic E-state index is 0.587. The van der Waals surface area contributed by atoms with Crippen LogP contribution in [0.1, 0.15) is 5.56 Å². The molecule has 0 aliphatic carbocycles. The zero-order valence-electron chi connectivity index (χ0n) is 9.05. The number of hydrogen-bond acceptors (Lipinski definition) is 4. The van der Waals surface area contributed by atoms with Gasteiger partial charge in [-0.05, 0) is 42.5 Å². The van der Waals surface area contributed by atoms with Crippen LogP contribution in [0.3, 0.4) is 0 Å². The van der Waals surface area contributed by atoms with Gasteiger partial charge in [0.05, 0.1) is 23.0 Å². The number of hydrogen-bond donors (Lipinski definition) is 2. The standard InChI is InChI=1S/C13H11N3S/c14-8-9-1-3-10(4-2-9)17-11-5-6-12(15)13(16)7-11/h1-7H,15-16H2. The van der Waals surface area contributed by atoms with E-state index in [4.69, 9.17) is 16.7 Å². The zero-order chi connectivity index (χ0) is 12.3. The average Bonchev–Trinajstić information content (AvgIpc) is 2.35. The molecule has 2 aromatic rings. The normalized spacial score (nSPS) is 9.82. The monoisotopic (exact) mass is 241 g/mol. The van der Waals surface area contributed by atoms with Crippen LogP contribution in [0.4, 0.5) is 11.4 Å². The molecule has 0 atom stereocenters. The van der Waals surface area contributed by atoms with Crippen LogP contribution in [0.2, 0.25) is 0 Å². The second-order valence-electron chi connectivity index (χ2n) is 3.53. The van der Waals surface area contributed by atoms with Gasteiger partial charge in [0.15, 0.2) is 0 Å². The van der Waals surface area contributed by atoms with Gasteiger partial charge in [-0.3, -0.25) is 0 Å². The van der Waals surface area contributed by atoms with Crippen molar-refractivity contribution in [2.24, 2.45) is 0 Å². The lowest BCUT2D eigenvalue weighted by molar-refractivity contribution is 1.39. The molecule has 0 aromatic heterocycles. The third-order valence-corrected chi connectivity index (χ3v) is 3.27. The molecule has 17 heavy (non-hydrogen) atoms. The molecule has 0 aliphatic rings. The van der Waals surface area contributed by atoms with Crippen molar-refractivity contribution in [3.05, 3.63) is 48.0 Å². The quantitative estimate of drug-likeness (QED) is 0.793. The number of nitrogens with zero attached hydrogens (tertiary/aromatic N) is 1. The van der Waals surface area contributed by atoms with Crippen molar-refractivity contribution in [2.75, 3.05) is 11.5 Å². The number of nitriles is 1. The summed E-state index contributed by atoms with van der Waals surface area (Å²) in [6.45, 7) is 0. The molecule has 0 fully saturated rings. The van der Waals surface area contributed by atoms with Crippen LogP contribution in [0.5, 0.6) is 0 Å². The molecule has 3 nitrogen and oxygen atoms in total. The predicted molar refractivity (Wildman–Crippen MR) is 70.5 cm³/mol. The van der Waals surface area contributed by atoms with E-state index >= 15 is 0 Å². The second kappa shape index (κ2) is 4.81. The lowest BCUT2D eigenvalue weighted by Gasteiger charge is -2.04. The molecule has 4 N–H and O–H groups in total. The molecule has 0 unspecified atom stereocenters. The summed E-state index contributed by atoms with van der Waals surface area (Å²) in [6, 6.07) is 15.1. The molecule has 0 amide bonds. The van der Waals surface area contributed by atoms with E-state index in [9.17, 15) is 0 Å². The summed E-state index contributed by atoms with van der Waals surface area (Å²) >= 11 is 1.58. The first-order chi connectivity index (χ1) is 8.19.